The lowest BCUT2D eigenvalue weighted by molar-refractivity contribution is 0.0626. The van der Waals surface area contributed by atoms with Crippen LogP contribution in [0.3, 0.4) is 0 Å². The second-order valence-corrected chi connectivity index (χ2v) is 6.26. The first-order valence-corrected chi connectivity index (χ1v) is 6.81. The monoisotopic (exact) mass is 276 g/mol. The zero-order valence-corrected chi connectivity index (χ0v) is 12.1. The van der Waals surface area contributed by atoms with E-state index in [2.05, 4.69) is 25.8 Å². The number of rotatable bonds is 2. The Hall–Kier alpha value is -1.91. The van der Waals surface area contributed by atoms with Gasteiger partial charge >= 0.3 is 5.97 Å². The Bertz CT molecular complexity index is 534. The van der Waals surface area contributed by atoms with E-state index in [1.54, 1.807) is 6.07 Å². The fourth-order valence-electron chi connectivity index (χ4n) is 2.76. The van der Waals surface area contributed by atoms with Crippen LogP contribution in [-0.4, -0.2) is 39.5 Å². The minimum absolute atomic E-state index is 0.0226. The van der Waals surface area contributed by atoms with Gasteiger partial charge in [-0.15, -0.1) is 0 Å². The topological polar surface area (TPSA) is 70.5 Å². The van der Waals surface area contributed by atoms with Crippen molar-refractivity contribution >= 4 is 11.9 Å². The van der Waals surface area contributed by atoms with Gasteiger partial charge in [0.2, 0.25) is 0 Å². The van der Waals surface area contributed by atoms with E-state index >= 15 is 0 Å². The maximum absolute atomic E-state index is 12.6. The van der Waals surface area contributed by atoms with E-state index in [9.17, 15) is 9.59 Å². The molecule has 1 N–H and O–H groups in total. The summed E-state index contributed by atoms with van der Waals surface area (Å²) in [6, 6.07) is 3.12. The number of pyridine rings is 1. The Morgan fingerprint density at radius 2 is 2.10 bits per heavy atom. The number of nitrogens with zero attached hydrogens (tertiary/aromatic N) is 2. The molecule has 1 amide bonds. The normalized spacial score (nSPS) is 19.1. The number of carboxylic acid groups (broad SMARTS) is 1. The van der Waals surface area contributed by atoms with Crippen LogP contribution in [0.1, 0.15) is 54.5 Å². The number of carbonyl (C=O) groups is 2. The van der Waals surface area contributed by atoms with Crippen molar-refractivity contribution in [3.8, 4) is 0 Å². The summed E-state index contributed by atoms with van der Waals surface area (Å²) in [5.74, 6) is -1.22. The van der Waals surface area contributed by atoms with Crippen LogP contribution in [0.4, 0.5) is 0 Å². The Morgan fingerprint density at radius 3 is 2.70 bits per heavy atom. The number of likely N-dealkylation sites (tertiary alicyclic amines) is 1. The van der Waals surface area contributed by atoms with E-state index in [-0.39, 0.29) is 23.1 Å². The lowest BCUT2D eigenvalue weighted by Crippen LogP contribution is -2.43. The molecule has 1 saturated heterocycles. The SMILES string of the molecule is CC(C)(C)C1CCCN1C(=O)c1ccnc(C(=O)O)c1. The van der Waals surface area contributed by atoms with Crippen molar-refractivity contribution in [3.63, 3.8) is 0 Å². The standard InChI is InChI=1S/C15H20N2O3/c1-15(2,3)12-5-4-8-17(12)13(18)10-6-7-16-11(9-10)14(19)20/h6-7,9,12H,4-5,8H2,1-3H3,(H,19,20). The highest BCUT2D eigenvalue weighted by Crippen LogP contribution is 2.33. The van der Waals surface area contributed by atoms with Crippen LogP contribution in [-0.2, 0) is 0 Å². The lowest BCUT2D eigenvalue weighted by atomic mass is 9.85. The minimum atomic E-state index is -1.12. The molecule has 1 aliphatic rings. The maximum Gasteiger partial charge on any atom is 0.354 e. The molecule has 1 aliphatic heterocycles. The smallest absolute Gasteiger partial charge is 0.354 e. The summed E-state index contributed by atoms with van der Waals surface area (Å²) in [5, 5.41) is 8.95. The molecule has 1 atom stereocenters. The van der Waals surface area contributed by atoms with Crippen LogP contribution in [0.25, 0.3) is 0 Å². The van der Waals surface area contributed by atoms with Gasteiger partial charge in [-0.2, -0.15) is 0 Å². The Labute approximate surface area is 118 Å². The predicted molar refractivity (Wildman–Crippen MR) is 74.7 cm³/mol. The van der Waals surface area contributed by atoms with E-state index in [0.717, 1.165) is 19.4 Å². The number of carbonyl (C=O) groups excluding carboxylic acids is 1. The minimum Gasteiger partial charge on any atom is -0.477 e. The second kappa shape index (κ2) is 5.23. The van der Waals surface area contributed by atoms with Crippen molar-refractivity contribution in [3.05, 3.63) is 29.6 Å². The van der Waals surface area contributed by atoms with E-state index < -0.39 is 5.97 Å². The van der Waals surface area contributed by atoms with Crippen molar-refractivity contribution in [1.29, 1.82) is 0 Å². The first-order valence-electron chi connectivity index (χ1n) is 6.81. The summed E-state index contributed by atoms with van der Waals surface area (Å²) in [4.78, 5) is 29.1. The molecule has 0 radical (unpaired) electrons. The van der Waals surface area contributed by atoms with Crippen LogP contribution in [0.5, 0.6) is 0 Å². The third kappa shape index (κ3) is 2.81. The number of aromatic nitrogens is 1. The van der Waals surface area contributed by atoms with Gasteiger partial charge < -0.3 is 10.0 Å². The van der Waals surface area contributed by atoms with Gasteiger partial charge in [-0.1, -0.05) is 20.8 Å². The Balaban J connectivity index is 2.27. The van der Waals surface area contributed by atoms with Crippen LogP contribution >= 0.6 is 0 Å². The fourth-order valence-corrected chi connectivity index (χ4v) is 2.76. The molecule has 0 spiro atoms. The summed E-state index contributed by atoms with van der Waals surface area (Å²) in [5.41, 5.74) is 0.324. The van der Waals surface area contributed by atoms with Crippen molar-refractivity contribution in [2.24, 2.45) is 5.41 Å². The molecule has 0 saturated carbocycles. The van der Waals surface area contributed by atoms with Gasteiger partial charge in [0, 0.05) is 24.3 Å². The van der Waals surface area contributed by atoms with Gasteiger partial charge in [-0.25, -0.2) is 9.78 Å². The van der Waals surface area contributed by atoms with Gasteiger partial charge in [0.05, 0.1) is 0 Å². The molecule has 1 unspecified atom stereocenters. The van der Waals surface area contributed by atoms with Gasteiger partial charge in [0.15, 0.2) is 0 Å². The molecule has 2 rings (SSSR count). The molecule has 0 bridgehead atoms. The third-order valence-corrected chi connectivity index (χ3v) is 3.74. The summed E-state index contributed by atoms with van der Waals surface area (Å²) < 4.78 is 0. The number of hydrogen-bond donors (Lipinski definition) is 1. The molecule has 5 nitrogen and oxygen atoms in total. The molecule has 5 heteroatoms. The summed E-state index contributed by atoms with van der Waals surface area (Å²) in [7, 11) is 0. The average Bonchev–Trinajstić information content (AvgIpc) is 2.87. The van der Waals surface area contributed by atoms with Crippen LogP contribution in [0.2, 0.25) is 0 Å². The summed E-state index contributed by atoms with van der Waals surface area (Å²) in [6.45, 7) is 7.10. The fraction of sp³-hybridized carbons (Fsp3) is 0.533. The molecular formula is C15H20N2O3. The Morgan fingerprint density at radius 1 is 1.40 bits per heavy atom. The van der Waals surface area contributed by atoms with Crippen molar-refractivity contribution in [2.45, 2.75) is 39.7 Å². The Kier molecular flexibility index (Phi) is 3.79. The van der Waals surface area contributed by atoms with Gasteiger partial charge in [-0.3, -0.25) is 4.79 Å². The second-order valence-electron chi connectivity index (χ2n) is 6.26. The van der Waals surface area contributed by atoms with Crippen molar-refractivity contribution in [1.82, 2.24) is 9.88 Å². The van der Waals surface area contributed by atoms with E-state index in [1.807, 2.05) is 4.90 Å². The zero-order valence-electron chi connectivity index (χ0n) is 12.1. The average molecular weight is 276 g/mol. The first kappa shape index (κ1) is 14.5. The molecule has 20 heavy (non-hydrogen) atoms. The third-order valence-electron chi connectivity index (χ3n) is 3.74. The van der Waals surface area contributed by atoms with Gasteiger partial charge in [0.25, 0.3) is 5.91 Å². The molecular weight excluding hydrogens is 256 g/mol. The first-order chi connectivity index (χ1) is 9.30. The molecule has 1 aromatic rings. The molecule has 0 aliphatic carbocycles. The van der Waals surface area contributed by atoms with E-state index in [0.29, 0.717) is 5.56 Å². The largest absolute Gasteiger partial charge is 0.477 e. The quantitative estimate of drug-likeness (QED) is 0.900. The maximum atomic E-state index is 12.6. The lowest BCUT2D eigenvalue weighted by Gasteiger charge is -2.35. The number of aromatic carboxylic acids is 1. The number of amides is 1. The highest BCUT2D eigenvalue weighted by Gasteiger charge is 2.37. The van der Waals surface area contributed by atoms with Crippen molar-refractivity contribution in [2.75, 3.05) is 6.54 Å². The van der Waals surface area contributed by atoms with Crippen LogP contribution < -0.4 is 0 Å². The van der Waals surface area contributed by atoms with Crippen LogP contribution in [0.15, 0.2) is 18.3 Å². The van der Waals surface area contributed by atoms with Crippen molar-refractivity contribution < 1.29 is 14.7 Å². The zero-order chi connectivity index (χ0) is 14.9. The van der Waals surface area contributed by atoms with E-state index in [1.165, 1.54) is 12.3 Å². The van der Waals surface area contributed by atoms with Gasteiger partial charge in [-0.05, 0) is 30.4 Å². The molecule has 0 aromatic carbocycles. The molecule has 1 aromatic heterocycles. The summed E-state index contributed by atoms with van der Waals surface area (Å²) >= 11 is 0. The highest BCUT2D eigenvalue weighted by atomic mass is 16.4. The molecule has 1 fully saturated rings. The summed E-state index contributed by atoms with van der Waals surface area (Å²) in [6.07, 6.45) is 3.36. The highest BCUT2D eigenvalue weighted by molar-refractivity contribution is 5.97. The van der Waals surface area contributed by atoms with E-state index in [4.69, 9.17) is 5.11 Å². The van der Waals surface area contributed by atoms with Crippen LogP contribution in [0, 0.1) is 5.41 Å². The molecule has 108 valence electrons. The number of hydrogen-bond acceptors (Lipinski definition) is 3. The predicted octanol–water partition coefficient (Wildman–Crippen LogP) is 2.43. The van der Waals surface area contributed by atoms with Gasteiger partial charge in [0.1, 0.15) is 5.69 Å². The number of carboxylic acids is 1. The molecule has 2 heterocycles.